The number of hydrogen-bond acceptors (Lipinski definition) is 7. The van der Waals surface area contributed by atoms with Crippen molar-refractivity contribution < 1.29 is 4.52 Å². The largest absolute Gasteiger partial charge is 0.334 e. The van der Waals surface area contributed by atoms with E-state index in [1.165, 1.54) is 0 Å². The van der Waals surface area contributed by atoms with E-state index in [1.807, 2.05) is 41.1 Å². The molecule has 0 radical (unpaired) electrons. The topological polar surface area (TPSA) is 69.6 Å². The summed E-state index contributed by atoms with van der Waals surface area (Å²) in [6, 6.07) is 11.3. The molecule has 132 valence electrons. The number of thiol groups is 1. The van der Waals surface area contributed by atoms with Crippen molar-refractivity contribution in [3.8, 4) is 22.2 Å². The third-order valence-corrected chi connectivity index (χ3v) is 5.40. The molecule has 1 unspecified atom stereocenters. The summed E-state index contributed by atoms with van der Waals surface area (Å²) < 4.78 is 7.39. The number of thiophene rings is 1. The molecular formula is C17H14ClN5OS2. The standard InChI is InChI=1S/C17H14ClN5OS2/c1-2-23-15(12-7-4-8-26-12)20-21-16(23)13(25)14-19-17(24-22-14)10-5-3-6-11(18)9-10/h3-9,13,25H,2H2,1H3. The molecule has 1 aromatic carbocycles. The van der Waals surface area contributed by atoms with Gasteiger partial charge in [0.25, 0.3) is 5.89 Å². The fraction of sp³-hybridized carbons (Fsp3) is 0.176. The van der Waals surface area contributed by atoms with Gasteiger partial charge in [0.1, 0.15) is 5.25 Å². The Kier molecular flexibility index (Phi) is 4.80. The van der Waals surface area contributed by atoms with E-state index in [0.29, 0.717) is 29.1 Å². The molecule has 4 rings (SSSR count). The first-order chi connectivity index (χ1) is 12.7. The molecule has 0 aliphatic rings. The van der Waals surface area contributed by atoms with Crippen LogP contribution in [-0.4, -0.2) is 24.9 Å². The molecule has 3 heterocycles. The lowest BCUT2D eigenvalue weighted by molar-refractivity contribution is 0.422. The molecule has 0 bridgehead atoms. The third kappa shape index (κ3) is 3.15. The molecule has 4 aromatic rings. The number of halogens is 1. The summed E-state index contributed by atoms with van der Waals surface area (Å²) in [6.45, 7) is 2.75. The number of nitrogens with zero attached hydrogens (tertiary/aromatic N) is 5. The molecule has 26 heavy (non-hydrogen) atoms. The van der Waals surface area contributed by atoms with Crippen LogP contribution in [0.15, 0.2) is 46.3 Å². The average molecular weight is 404 g/mol. The molecule has 0 N–H and O–H groups in total. The summed E-state index contributed by atoms with van der Waals surface area (Å²) >= 11 is 12.3. The number of aromatic nitrogens is 5. The van der Waals surface area contributed by atoms with Crippen LogP contribution in [0.1, 0.15) is 23.8 Å². The predicted octanol–water partition coefficient (Wildman–Crippen LogP) is 4.75. The third-order valence-electron chi connectivity index (χ3n) is 3.84. The van der Waals surface area contributed by atoms with Gasteiger partial charge < -0.3 is 9.09 Å². The van der Waals surface area contributed by atoms with Crippen LogP contribution in [-0.2, 0) is 6.54 Å². The number of rotatable bonds is 5. The molecule has 0 saturated heterocycles. The molecule has 0 fully saturated rings. The van der Waals surface area contributed by atoms with Crippen LogP contribution in [0.2, 0.25) is 5.02 Å². The molecule has 6 nitrogen and oxygen atoms in total. The zero-order valence-electron chi connectivity index (χ0n) is 13.7. The summed E-state index contributed by atoms with van der Waals surface area (Å²) in [7, 11) is 0. The van der Waals surface area contributed by atoms with Gasteiger partial charge in [0.05, 0.1) is 4.88 Å². The molecule has 9 heteroatoms. The van der Waals surface area contributed by atoms with Gasteiger partial charge in [-0.15, -0.1) is 21.5 Å². The number of benzene rings is 1. The Morgan fingerprint density at radius 3 is 2.88 bits per heavy atom. The van der Waals surface area contributed by atoms with E-state index in [-0.39, 0.29) is 0 Å². The minimum atomic E-state index is -0.451. The monoisotopic (exact) mass is 403 g/mol. The van der Waals surface area contributed by atoms with E-state index in [9.17, 15) is 0 Å². The van der Waals surface area contributed by atoms with Gasteiger partial charge in [-0.25, -0.2) is 0 Å². The second kappa shape index (κ2) is 7.22. The first-order valence-corrected chi connectivity index (χ1v) is 9.69. The smallest absolute Gasteiger partial charge is 0.258 e. The van der Waals surface area contributed by atoms with Crippen LogP contribution in [0.25, 0.3) is 22.2 Å². The van der Waals surface area contributed by atoms with Crippen LogP contribution in [0.3, 0.4) is 0 Å². The molecule has 0 spiro atoms. The Hall–Kier alpha value is -2.16. The fourth-order valence-corrected chi connectivity index (χ4v) is 3.82. The second-order valence-corrected chi connectivity index (χ2v) is 7.37. The van der Waals surface area contributed by atoms with E-state index in [1.54, 1.807) is 23.5 Å². The lowest BCUT2D eigenvalue weighted by Crippen LogP contribution is -2.07. The first kappa shape index (κ1) is 17.3. The quantitative estimate of drug-likeness (QED) is 0.487. The van der Waals surface area contributed by atoms with Gasteiger partial charge in [0.2, 0.25) is 0 Å². The SMILES string of the molecule is CCn1c(-c2cccs2)nnc1C(S)c1noc(-c2cccc(Cl)c2)n1. The summed E-state index contributed by atoms with van der Waals surface area (Å²) in [5, 5.41) is 14.9. The zero-order valence-corrected chi connectivity index (χ0v) is 16.2. The highest BCUT2D eigenvalue weighted by atomic mass is 35.5. The fourth-order valence-electron chi connectivity index (χ4n) is 2.62. The van der Waals surface area contributed by atoms with Crippen molar-refractivity contribution in [2.45, 2.75) is 18.7 Å². The van der Waals surface area contributed by atoms with Gasteiger partial charge in [-0.3, -0.25) is 0 Å². The van der Waals surface area contributed by atoms with Crippen molar-refractivity contribution in [2.24, 2.45) is 0 Å². The van der Waals surface area contributed by atoms with Gasteiger partial charge >= 0.3 is 0 Å². The minimum absolute atomic E-state index is 0.391. The Balaban J connectivity index is 1.68. The van der Waals surface area contributed by atoms with Crippen LogP contribution < -0.4 is 0 Å². The molecule has 1 atom stereocenters. The maximum absolute atomic E-state index is 6.03. The van der Waals surface area contributed by atoms with Crippen LogP contribution >= 0.6 is 35.6 Å². The Bertz CT molecular complexity index is 1030. The molecule has 0 aliphatic heterocycles. The van der Waals surface area contributed by atoms with Crippen LogP contribution in [0, 0.1) is 0 Å². The number of hydrogen-bond donors (Lipinski definition) is 1. The molecule has 0 aliphatic carbocycles. The van der Waals surface area contributed by atoms with E-state index in [4.69, 9.17) is 16.1 Å². The first-order valence-electron chi connectivity index (χ1n) is 7.92. The Labute approximate surface area is 164 Å². The van der Waals surface area contributed by atoms with Gasteiger partial charge in [0.15, 0.2) is 17.5 Å². The predicted molar refractivity (Wildman–Crippen MR) is 105 cm³/mol. The van der Waals surface area contributed by atoms with Gasteiger partial charge in [-0.05, 0) is 36.6 Å². The molecule has 0 amide bonds. The average Bonchev–Trinajstić information content (AvgIpc) is 3.40. The van der Waals surface area contributed by atoms with Gasteiger partial charge in [-0.1, -0.05) is 28.9 Å². The summed E-state index contributed by atoms with van der Waals surface area (Å²) in [6.07, 6.45) is 0. The van der Waals surface area contributed by atoms with E-state index < -0.39 is 5.25 Å². The lowest BCUT2D eigenvalue weighted by Gasteiger charge is -2.09. The highest BCUT2D eigenvalue weighted by Gasteiger charge is 2.25. The normalized spacial score (nSPS) is 12.4. The Morgan fingerprint density at radius 1 is 1.27 bits per heavy atom. The van der Waals surface area contributed by atoms with Gasteiger partial charge in [-0.2, -0.15) is 17.6 Å². The minimum Gasteiger partial charge on any atom is -0.334 e. The molecular weight excluding hydrogens is 390 g/mol. The van der Waals surface area contributed by atoms with Gasteiger partial charge in [0, 0.05) is 17.1 Å². The zero-order chi connectivity index (χ0) is 18.1. The maximum Gasteiger partial charge on any atom is 0.258 e. The Morgan fingerprint density at radius 2 is 2.15 bits per heavy atom. The van der Waals surface area contributed by atoms with Crippen molar-refractivity contribution in [3.63, 3.8) is 0 Å². The molecule has 3 aromatic heterocycles. The van der Waals surface area contributed by atoms with Crippen molar-refractivity contribution in [2.75, 3.05) is 0 Å². The van der Waals surface area contributed by atoms with E-state index in [0.717, 1.165) is 16.3 Å². The lowest BCUT2D eigenvalue weighted by atomic mass is 10.2. The summed E-state index contributed by atoms with van der Waals surface area (Å²) in [4.78, 5) is 5.51. The van der Waals surface area contributed by atoms with Crippen molar-refractivity contribution in [1.29, 1.82) is 0 Å². The molecule has 0 saturated carbocycles. The highest BCUT2D eigenvalue weighted by molar-refractivity contribution is 7.80. The van der Waals surface area contributed by atoms with Crippen molar-refractivity contribution >= 4 is 35.6 Å². The maximum atomic E-state index is 6.03. The second-order valence-electron chi connectivity index (χ2n) is 5.47. The van der Waals surface area contributed by atoms with Crippen LogP contribution in [0.4, 0.5) is 0 Å². The summed E-state index contributed by atoms with van der Waals surface area (Å²) in [5.41, 5.74) is 0.757. The van der Waals surface area contributed by atoms with E-state index >= 15 is 0 Å². The van der Waals surface area contributed by atoms with Crippen LogP contribution in [0.5, 0.6) is 0 Å². The van der Waals surface area contributed by atoms with Crippen molar-refractivity contribution in [1.82, 2.24) is 24.9 Å². The summed E-state index contributed by atoms with van der Waals surface area (Å²) in [5.74, 6) is 2.32. The van der Waals surface area contributed by atoms with E-state index in [2.05, 4.69) is 33.0 Å². The van der Waals surface area contributed by atoms with Crippen molar-refractivity contribution in [3.05, 3.63) is 58.4 Å². The highest BCUT2D eigenvalue weighted by Crippen LogP contribution is 2.31.